The largest absolute Gasteiger partial charge is 0.416 e. The third-order valence-electron chi connectivity index (χ3n) is 4.16. The predicted octanol–water partition coefficient (Wildman–Crippen LogP) is 2.31. The Bertz CT molecular complexity index is 659. The fourth-order valence-corrected chi connectivity index (χ4v) is 3.07. The molecule has 1 aromatic carbocycles. The first kappa shape index (κ1) is 15.9. The lowest BCUT2D eigenvalue weighted by molar-refractivity contribution is -0.138. The molecule has 1 fully saturated rings. The van der Waals surface area contributed by atoms with Crippen LogP contribution in [0.1, 0.15) is 29.7 Å². The molecule has 1 unspecified atom stereocenters. The molecular weight excluding hydrogens is 309 g/mol. The summed E-state index contributed by atoms with van der Waals surface area (Å²) in [5.74, 6) is 0. The first-order valence-corrected chi connectivity index (χ1v) is 7.34. The minimum Gasteiger partial charge on any atom is -0.382 e. The van der Waals surface area contributed by atoms with Gasteiger partial charge in [0, 0.05) is 13.1 Å². The highest BCUT2D eigenvalue weighted by Crippen LogP contribution is 2.34. The van der Waals surface area contributed by atoms with Gasteiger partial charge in [-0.2, -0.15) is 28.6 Å². The number of rotatable bonds is 3. The molecule has 5 nitrogen and oxygen atoms in total. The smallest absolute Gasteiger partial charge is 0.382 e. The van der Waals surface area contributed by atoms with Crippen molar-refractivity contribution < 1.29 is 18.3 Å². The molecule has 1 atom stereocenters. The lowest BCUT2D eigenvalue weighted by Gasteiger charge is -2.38. The molecule has 0 radical (unpaired) electrons. The zero-order valence-corrected chi connectivity index (χ0v) is 12.3. The monoisotopic (exact) mass is 326 g/mol. The van der Waals surface area contributed by atoms with E-state index >= 15 is 0 Å². The summed E-state index contributed by atoms with van der Waals surface area (Å²) in [6.07, 6.45) is -1.74. The van der Waals surface area contributed by atoms with Gasteiger partial charge in [-0.15, -0.1) is 0 Å². The van der Waals surface area contributed by atoms with E-state index in [2.05, 4.69) is 15.4 Å². The van der Waals surface area contributed by atoms with E-state index in [1.165, 1.54) is 18.3 Å². The van der Waals surface area contributed by atoms with Gasteiger partial charge in [-0.1, -0.05) is 18.2 Å². The van der Waals surface area contributed by atoms with Gasteiger partial charge in [0.15, 0.2) is 0 Å². The molecule has 23 heavy (non-hydrogen) atoms. The maximum atomic E-state index is 13.1. The third kappa shape index (κ3) is 3.37. The van der Waals surface area contributed by atoms with E-state index in [9.17, 15) is 18.3 Å². The van der Waals surface area contributed by atoms with Crippen LogP contribution in [0, 0.1) is 0 Å². The SMILES string of the molecule is OC1(c2cn[nH]n2)CCCN(Cc2ccccc2C(F)(F)F)C1. The van der Waals surface area contributed by atoms with Gasteiger partial charge >= 0.3 is 6.18 Å². The van der Waals surface area contributed by atoms with E-state index in [0.29, 0.717) is 25.1 Å². The van der Waals surface area contributed by atoms with Crippen LogP contribution in [0.25, 0.3) is 0 Å². The maximum Gasteiger partial charge on any atom is 0.416 e. The van der Waals surface area contributed by atoms with E-state index < -0.39 is 17.3 Å². The highest BCUT2D eigenvalue weighted by molar-refractivity contribution is 5.29. The molecule has 0 amide bonds. The summed E-state index contributed by atoms with van der Waals surface area (Å²) in [6, 6.07) is 5.54. The van der Waals surface area contributed by atoms with Crippen molar-refractivity contribution >= 4 is 0 Å². The van der Waals surface area contributed by atoms with Crippen LogP contribution in [0.3, 0.4) is 0 Å². The minimum absolute atomic E-state index is 0.135. The number of β-amino-alcohol motifs (C(OH)–C–C–N with tert-alkyl or cyclic N) is 1. The van der Waals surface area contributed by atoms with E-state index in [4.69, 9.17) is 0 Å². The zero-order valence-electron chi connectivity index (χ0n) is 12.3. The van der Waals surface area contributed by atoms with Gasteiger partial charge in [-0.25, -0.2) is 0 Å². The van der Waals surface area contributed by atoms with Gasteiger partial charge < -0.3 is 5.11 Å². The van der Waals surface area contributed by atoms with Gasteiger partial charge in [0.05, 0.1) is 11.8 Å². The van der Waals surface area contributed by atoms with Crippen LogP contribution >= 0.6 is 0 Å². The van der Waals surface area contributed by atoms with Crippen molar-refractivity contribution in [2.75, 3.05) is 13.1 Å². The van der Waals surface area contributed by atoms with Crippen molar-refractivity contribution in [2.45, 2.75) is 31.2 Å². The number of nitrogens with zero attached hydrogens (tertiary/aromatic N) is 3. The summed E-state index contributed by atoms with van der Waals surface area (Å²) >= 11 is 0. The van der Waals surface area contributed by atoms with Gasteiger partial charge in [0.2, 0.25) is 0 Å². The second kappa shape index (κ2) is 5.93. The second-order valence-electron chi connectivity index (χ2n) is 5.86. The molecular formula is C15H17F3N4O. The van der Waals surface area contributed by atoms with Gasteiger partial charge in [0.1, 0.15) is 11.3 Å². The van der Waals surface area contributed by atoms with Crippen molar-refractivity contribution in [3.05, 3.63) is 47.3 Å². The number of benzene rings is 1. The van der Waals surface area contributed by atoms with Crippen LogP contribution in [0.15, 0.2) is 30.5 Å². The minimum atomic E-state index is -4.38. The molecule has 0 aliphatic carbocycles. The van der Waals surface area contributed by atoms with Crippen molar-refractivity contribution in [1.82, 2.24) is 20.3 Å². The lowest BCUT2D eigenvalue weighted by Crippen LogP contribution is -2.46. The van der Waals surface area contributed by atoms with Gasteiger partial charge in [-0.3, -0.25) is 4.90 Å². The maximum absolute atomic E-state index is 13.1. The lowest BCUT2D eigenvalue weighted by atomic mass is 9.89. The average Bonchev–Trinajstić information content (AvgIpc) is 3.02. The predicted molar refractivity (Wildman–Crippen MR) is 76.2 cm³/mol. The summed E-state index contributed by atoms with van der Waals surface area (Å²) in [5, 5.41) is 20.8. The fourth-order valence-electron chi connectivity index (χ4n) is 3.07. The summed E-state index contributed by atoms with van der Waals surface area (Å²) in [7, 11) is 0. The highest BCUT2D eigenvalue weighted by atomic mass is 19.4. The highest BCUT2D eigenvalue weighted by Gasteiger charge is 2.38. The Kier molecular flexibility index (Phi) is 4.11. The Morgan fingerprint density at radius 2 is 2.09 bits per heavy atom. The first-order valence-electron chi connectivity index (χ1n) is 7.34. The van der Waals surface area contributed by atoms with E-state index in [0.717, 1.165) is 6.07 Å². The average molecular weight is 326 g/mol. The van der Waals surface area contributed by atoms with Gasteiger partial charge in [0.25, 0.3) is 0 Å². The number of H-pyrrole nitrogens is 1. The quantitative estimate of drug-likeness (QED) is 0.908. The fraction of sp³-hybridized carbons (Fsp3) is 0.467. The van der Waals surface area contributed by atoms with Crippen LogP contribution in [0.4, 0.5) is 13.2 Å². The second-order valence-corrected chi connectivity index (χ2v) is 5.86. The standard InChI is InChI=1S/C15H17F3N4O/c16-15(17,18)12-5-2-1-4-11(12)9-22-7-3-6-14(23,10-22)13-8-19-21-20-13/h1-2,4-5,8,23H,3,6-7,9-10H2,(H,19,20,21). The summed E-state index contributed by atoms with van der Waals surface area (Å²) < 4.78 is 39.3. The number of hydrogen-bond acceptors (Lipinski definition) is 4. The Labute approximate surface area is 131 Å². The topological polar surface area (TPSA) is 65.0 Å². The zero-order chi connectivity index (χ0) is 16.5. The number of piperidine rings is 1. The molecule has 1 aliphatic rings. The third-order valence-corrected chi connectivity index (χ3v) is 4.16. The van der Waals surface area contributed by atoms with Crippen molar-refractivity contribution in [3.8, 4) is 0 Å². The number of hydrogen-bond donors (Lipinski definition) is 2. The Hall–Kier alpha value is -1.93. The normalized spacial score (nSPS) is 23.1. The summed E-state index contributed by atoms with van der Waals surface area (Å²) in [5.41, 5.74) is -1.18. The van der Waals surface area contributed by atoms with E-state index in [1.807, 2.05) is 4.90 Å². The van der Waals surface area contributed by atoms with Crippen LogP contribution < -0.4 is 0 Å². The van der Waals surface area contributed by atoms with Crippen molar-refractivity contribution in [3.63, 3.8) is 0 Å². The molecule has 1 aromatic heterocycles. The summed E-state index contributed by atoms with van der Waals surface area (Å²) in [6.45, 7) is 0.994. The van der Waals surface area contributed by atoms with E-state index in [-0.39, 0.29) is 18.7 Å². The number of alkyl halides is 3. The van der Waals surface area contributed by atoms with Gasteiger partial charge in [-0.05, 0) is 31.0 Å². The molecule has 8 heteroatoms. The number of likely N-dealkylation sites (tertiary alicyclic amines) is 1. The Morgan fingerprint density at radius 3 is 2.78 bits per heavy atom. The summed E-state index contributed by atoms with van der Waals surface area (Å²) in [4.78, 5) is 1.82. The molecule has 124 valence electrons. The van der Waals surface area contributed by atoms with Crippen LogP contribution in [-0.2, 0) is 18.3 Å². The first-order chi connectivity index (χ1) is 10.9. The molecule has 3 rings (SSSR count). The molecule has 2 aromatic rings. The molecule has 0 bridgehead atoms. The van der Waals surface area contributed by atoms with Crippen molar-refractivity contribution in [1.29, 1.82) is 0 Å². The molecule has 2 N–H and O–H groups in total. The number of aromatic amines is 1. The van der Waals surface area contributed by atoms with Crippen molar-refractivity contribution in [2.24, 2.45) is 0 Å². The number of aromatic nitrogens is 3. The molecule has 1 saturated heterocycles. The number of halogens is 3. The van der Waals surface area contributed by atoms with Crippen LogP contribution in [0.5, 0.6) is 0 Å². The number of aliphatic hydroxyl groups is 1. The Balaban J connectivity index is 1.79. The number of nitrogens with one attached hydrogen (secondary N) is 1. The Morgan fingerprint density at radius 1 is 1.30 bits per heavy atom. The molecule has 0 saturated carbocycles. The molecule has 2 heterocycles. The van der Waals surface area contributed by atoms with Crippen LogP contribution in [-0.4, -0.2) is 38.5 Å². The molecule has 0 spiro atoms. The van der Waals surface area contributed by atoms with Crippen LogP contribution in [0.2, 0.25) is 0 Å². The molecule has 1 aliphatic heterocycles. The van der Waals surface area contributed by atoms with E-state index in [1.54, 1.807) is 6.07 Å².